The van der Waals surface area contributed by atoms with Gasteiger partial charge in [0.1, 0.15) is 17.3 Å². The van der Waals surface area contributed by atoms with E-state index in [9.17, 15) is 9.18 Å². The van der Waals surface area contributed by atoms with Crippen molar-refractivity contribution in [1.29, 1.82) is 0 Å². The molecule has 0 N–H and O–H groups in total. The minimum Gasteiger partial charge on any atom is -0.465 e. The molecule has 158 valence electrons. The first-order valence-electron chi connectivity index (χ1n) is 10.3. The molecule has 2 aromatic carbocycles. The molecule has 2 aliphatic rings. The van der Waals surface area contributed by atoms with Crippen molar-refractivity contribution < 1.29 is 13.6 Å². The van der Waals surface area contributed by atoms with Gasteiger partial charge in [-0.05, 0) is 43.2 Å². The first kappa shape index (κ1) is 19.9. The Labute approximate surface area is 184 Å². The van der Waals surface area contributed by atoms with Gasteiger partial charge in [0.05, 0.1) is 17.7 Å². The van der Waals surface area contributed by atoms with Gasteiger partial charge in [-0.2, -0.15) is 0 Å². The number of furan rings is 1. The van der Waals surface area contributed by atoms with Crippen LogP contribution < -0.4 is 0 Å². The lowest BCUT2D eigenvalue weighted by Gasteiger charge is -2.22. The van der Waals surface area contributed by atoms with E-state index in [1.807, 2.05) is 25.1 Å². The van der Waals surface area contributed by atoms with Gasteiger partial charge < -0.3 is 4.42 Å². The quantitative estimate of drug-likeness (QED) is 0.532. The molecule has 5 rings (SSSR count). The van der Waals surface area contributed by atoms with E-state index in [-0.39, 0.29) is 17.4 Å². The third kappa shape index (κ3) is 3.60. The van der Waals surface area contributed by atoms with Crippen molar-refractivity contribution in [3.8, 4) is 0 Å². The van der Waals surface area contributed by atoms with E-state index in [2.05, 4.69) is 11.1 Å². The zero-order chi connectivity index (χ0) is 22.2. The molecule has 32 heavy (non-hydrogen) atoms. The van der Waals surface area contributed by atoms with Crippen LogP contribution in [0.2, 0.25) is 0 Å². The molecule has 3 aromatic rings. The number of hydrogen-bond donors (Lipinski definition) is 0. The van der Waals surface area contributed by atoms with Crippen molar-refractivity contribution >= 4 is 29.2 Å². The number of aryl methyl sites for hydroxylation is 2. The van der Waals surface area contributed by atoms with Gasteiger partial charge >= 0.3 is 0 Å². The van der Waals surface area contributed by atoms with Gasteiger partial charge in [-0.15, -0.1) is 0 Å². The van der Waals surface area contributed by atoms with Crippen LogP contribution in [0.4, 0.5) is 4.39 Å². The summed E-state index contributed by atoms with van der Waals surface area (Å²) in [6, 6.07) is 16.7. The Morgan fingerprint density at radius 3 is 2.69 bits per heavy atom. The van der Waals surface area contributed by atoms with Gasteiger partial charge in [-0.3, -0.25) is 9.69 Å². The van der Waals surface area contributed by atoms with Crippen molar-refractivity contribution in [3.05, 3.63) is 107 Å². The number of aliphatic imine (C=N–C) groups is 2. The first-order chi connectivity index (χ1) is 15.5. The van der Waals surface area contributed by atoms with Crippen LogP contribution in [0.3, 0.4) is 0 Å². The molecule has 0 bridgehead atoms. The fourth-order valence-electron chi connectivity index (χ4n) is 3.82. The molecular weight excluding hydrogens is 405 g/mol. The standard InChI is InChI=1S/C26H20FN3O2/c1-16-6-3-8-18(12-16)13-21-25-29-22(14-19-9-5-11-32-19)26(31)30(25)15-23(28-21)20-10-4-7-17(2)24(20)27/h3-12,14-15H,13H2,1-2H3/b22-14-. The first-order valence-corrected chi connectivity index (χ1v) is 10.3. The predicted octanol–water partition coefficient (Wildman–Crippen LogP) is 5.31. The predicted molar refractivity (Wildman–Crippen MR) is 122 cm³/mol. The van der Waals surface area contributed by atoms with E-state index in [0.29, 0.717) is 40.6 Å². The summed E-state index contributed by atoms with van der Waals surface area (Å²) in [5, 5.41) is 0. The Morgan fingerprint density at radius 1 is 1.06 bits per heavy atom. The lowest BCUT2D eigenvalue weighted by atomic mass is 10.0. The second kappa shape index (κ2) is 7.89. The van der Waals surface area contributed by atoms with E-state index in [1.54, 1.807) is 49.5 Å². The van der Waals surface area contributed by atoms with Gasteiger partial charge in [0.25, 0.3) is 5.91 Å². The zero-order valence-corrected chi connectivity index (χ0v) is 17.7. The molecule has 0 fully saturated rings. The number of fused-ring (bicyclic) bond motifs is 1. The fourth-order valence-corrected chi connectivity index (χ4v) is 3.82. The molecule has 0 saturated carbocycles. The second-order valence-corrected chi connectivity index (χ2v) is 7.83. The van der Waals surface area contributed by atoms with Gasteiger partial charge in [-0.25, -0.2) is 14.4 Å². The number of amides is 1. The highest BCUT2D eigenvalue weighted by Crippen LogP contribution is 2.30. The van der Waals surface area contributed by atoms with E-state index < -0.39 is 0 Å². The zero-order valence-electron chi connectivity index (χ0n) is 17.7. The summed E-state index contributed by atoms with van der Waals surface area (Å²) in [6.07, 6.45) is 5.15. The number of carbonyl (C=O) groups is 1. The number of amidine groups is 1. The molecule has 0 atom stereocenters. The van der Waals surface area contributed by atoms with Gasteiger partial charge in [-0.1, -0.05) is 42.0 Å². The molecule has 2 aliphatic heterocycles. The summed E-state index contributed by atoms with van der Waals surface area (Å²) >= 11 is 0. The van der Waals surface area contributed by atoms with Crippen LogP contribution in [-0.4, -0.2) is 22.4 Å². The molecule has 0 radical (unpaired) electrons. The molecular formula is C26H20FN3O2. The number of carbonyl (C=O) groups excluding carboxylic acids is 1. The fraction of sp³-hybridized carbons (Fsp3) is 0.115. The average molecular weight is 425 g/mol. The lowest BCUT2D eigenvalue weighted by Crippen LogP contribution is -2.36. The van der Waals surface area contributed by atoms with Crippen LogP contribution in [-0.2, 0) is 11.2 Å². The van der Waals surface area contributed by atoms with E-state index in [0.717, 1.165) is 11.1 Å². The monoisotopic (exact) mass is 425 g/mol. The van der Waals surface area contributed by atoms with Crippen LogP contribution in [0.5, 0.6) is 0 Å². The molecule has 0 saturated heterocycles. The van der Waals surface area contributed by atoms with Crippen molar-refractivity contribution in [1.82, 2.24) is 4.90 Å². The second-order valence-electron chi connectivity index (χ2n) is 7.83. The molecule has 3 heterocycles. The Bertz CT molecular complexity index is 1350. The number of benzene rings is 2. The average Bonchev–Trinajstić information content (AvgIpc) is 3.39. The SMILES string of the molecule is Cc1cccc(CC2=NC(c3cccc(C)c3F)=CN3C(=O)/C(=C/c4ccco4)N=C23)c1. The number of halogens is 1. The number of hydrogen-bond acceptors (Lipinski definition) is 4. The highest BCUT2D eigenvalue weighted by molar-refractivity contribution is 6.48. The summed E-state index contributed by atoms with van der Waals surface area (Å²) < 4.78 is 20.2. The number of rotatable bonds is 4. The van der Waals surface area contributed by atoms with Crippen molar-refractivity contribution in [3.63, 3.8) is 0 Å². The maximum absolute atomic E-state index is 14.9. The molecule has 0 spiro atoms. The summed E-state index contributed by atoms with van der Waals surface area (Å²) in [6.45, 7) is 3.73. The summed E-state index contributed by atoms with van der Waals surface area (Å²) in [5.74, 6) is 0.323. The van der Waals surface area contributed by atoms with E-state index in [4.69, 9.17) is 9.41 Å². The summed E-state index contributed by atoms with van der Waals surface area (Å²) in [5.41, 5.74) is 4.26. The van der Waals surface area contributed by atoms with Gasteiger partial charge in [0.2, 0.25) is 0 Å². The summed E-state index contributed by atoms with van der Waals surface area (Å²) in [4.78, 5) is 23.9. The van der Waals surface area contributed by atoms with Crippen LogP contribution in [0.15, 0.2) is 87.2 Å². The van der Waals surface area contributed by atoms with E-state index in [1.165, 1.54) is 11.2 Å². The third-order valence-electron chi connectivity index (χ3n) is 5.40. The van der Waals surface area contributed by atoms with Crippen LogP contribution >= 0.6 is 0 Å². The smallest absolute Gasteiger partial charge is 0.282 e. The van der Waals surface area contributed by atoms with Crippen molar-refractivity contribution in [2.45, 2.75) is 20.3 Å². The largest absolute Gasteiger partial charge is 0.465 e. The molecule has 0 unspecified atom stereocenters. The molecule has 0 aliphatic carbocycles. The molecule has 5 nitrogen and oxygen atoms in total. The lowest BCUT2D eigenvalue weighted by molar-refractivity contribution is -0.120. The van der Waals surface area contributed by atoms with Crippen molar-refractivity contribution in [2.75, 3.05) is 0 Å². The maximum atomic E-state index is 14.9. The van der Waals surface area contributed by atoms with Crippen LogP contribution in [0.1, 0.15) is 28.0 Å². The third-order valence-corrected chi connectivity index (χ3v) is 5.40. The Hall–Kier alpha value is -4.06. The Balaban J connectivity index is 1.62. The molecule has 6 heteroatoms. The van der Waals surface area contributed by atoms with Crippen LogP contribution in [0.25, 0.3) is 11.8 Å². The Kier molecular flexibility index (Phi) is 4.90. The van der Waals surface area contributed by atoms with Gasteiger partial charge in [0.15, 0.2) is 5.84 Å². The minimum absolute atomic E-state index is 0.245. The molecule has 1 aromatic heterocycles. The highest BCUT2D eigenvalue weighted by Gasteiger charge is 2.35. The Morgan fingerprint density at radius 2 is 1.91 bits per heavy atom. The van der Waals surface area contributed by atoms with Gasteiger partial charge in [0, 0.05) is 24.3 Å². The number of nitrogens with zero attached hydrogens (tertiary/aromatic N) is 3. The summed E-state index contributed by atoms with van der Waals surface area (Å²) in [7, 11) is 0. The van der Waals surface area contributed by atoms with Crippen LogP contribution in [0, 0.1) is 19.7 Å². The highest BCUT2D eigenvalue weighted by atomic mass is 19.1. The minimum atomic E-state index is -0.351. The van der Waals surface area contributed by atoms with Crippen molar-refractivity contribution in [2.24, 2.45) is 9.98 Å². The topological polar surface area (TPSA) is 58.2 Å². The molecule has 1 amide bonds. The van der Waals surface area contributed by atoms with E-state index >= 15 is 0 Å². The maximum Gasteiger partial charge on any atom is 0.282 e. The normalized spacial score (nSPS) is 16.7.